The number of hydrogen-bond donors (Lipinski definition) is 3. The molecule has 0 saturated heterocycles. The molecule has 0 unspecified atom stereocenters. The minimum Gasteiger partial charge on any atom is -0.469 e. The van der Waals surface area contributed by atoms with Crippen molar-refractivity contribution in [2.75, 3.05) is 5.32 Å². The number of carbonyl (C=O) groups excluding carboxylic acids is 1. The van der Waals surface area contributed by atoms with Crippen LogP contribution in [-0.4, -0.2) is 20.7 Å². The van der Waals surface area contributed by atoms with E-state index >= 15 is 0 Å². The summed E-state index contributed by atoms with van der Waals surface area (Å²) >= 11 is 0. The van der Waals surface area contributed by atoms with Gasteiger partial charge in [-0.05, 0) is 30.2 Å². The number of nitrogens with one attached hydrogen (secondary N) is 3. The van der Waals surface area contributed by atoms with Gasteiger partial charge < -0.3 is 9.73 Å². The number of fused-ring (bicyclic) bond motifs is 1. The van der Waals surface area contributed by atoms with Crippen LogP contribution in [0.3, 0.4) is 0 Å². The maximum atomic E-state index is 13.2. The van der Waals surface area contributed by atoms with Crippen molar-refractivity contribution in [2.24, 2.45) is 0 Å². The first kappa shape index (κ1) is 16.5. The first-order valence-corrected chi connectivity index (χ1v) is 8.95. The number of pyridine rings is 1. The van der Waals surface area contributed by atoms with Crippen LogP contribution < -0.4 is 16.6 Å². The van der Waals surface area contributed by atoms with Gasteiger partial charge in [0.25, 0.3) is 5.56 Å². The Bertz CT molecular complexity index is 1210. The van der Waals surface area contributed by atoms with E-state index in [-0.39, 0.29) is 11.7 Å². The van der Waals surface area contributed by atoms with Crippen molar-refractivity contribution in [3.63, 3.8) is 0 Å². The molecule has 5 rings (SSSR count). The molecule has 3 aromatic rings. The highest BCUT2D eigenvalue weighted by Gasteiger charge is 2.40. The minimum absolute atomic E-state index is 0.0553. The van der Waals surface area contributed by atoms with Gasteiger partial charge in [0.2, 0.25) is 0 Å². The van der Waals surface area contributed by atoms with E-state index in [1.807, 2.05) is 12.1 Å². The van der Waals surface area contributed by atoms with Gasteiger partial charge >= 0.3 is 5.69 Å². The van der Waals surface area contributed by atoms with Gasteiger partial charge in [0.1, 0.15) is 11.6 Å². The van der Waals surface area contributed by atoms with E-state index in [1.165, 1.54) is 0 Å². The van der Waals surface area contributed by atoms with Crippen LogP contribution in [0.25, 0.3) is 0 Å². The number of carbonyl (C=O) groups is 1. The summed E-state index contributed by atoms with van der Waals surface area (Å²) in [6, 6.07) is 7.23. The number of allylic oxidation sites excluding steroid dienone is 2. The van der Waals surface area contributed by atoms with E-state index in [1.54, 1.807) is 30.8 Å². The molecule has 1 aliphatic heterocycles. The number of Topliss-reactive ketones (excluding diaryl/α,β-unsaturated/α-hetero) is 1. The maximum absolute atomic E-state index is 13.2. The van der Waals surface area contributed by atoms with Crippen molar-refractivity contribution in [3.05, 3.63) is 91.9 Å². The zero-order valence-corrected chi connectivity index (χ0v) is 14.7. The monoisotopic (exact) mass is 376 g/mol. The average Bonchev–Trinajstić information content (AvgIpc) is 3.21. The van der Waals surface area contributed by atoms with Gasteiger partial charge in [-0.2, -0.15) is 0 Å². The lowest BCUT2D eigenvalue weighted by Crippen LogP contribution is -2.37. The number of hydrogen-bond acceptors (Lipinski definition) is 6. The summed E-state index contributed by atoms with van der Waals surface area (Å²) in [5, 5.41) is 3.12. The zero-order valence-electron chi connectivity index (χ0n) is 14.7. The standard InChI is InChI=1S/C20H16N4O4/c25-13-8-11(14-4-2-6-28-14)7-12-16(13)15(10-3-1-5-21-9-10)17-18(22-12)23-20(27)24-19(17)26/h1-6,9,11,15H,7-8H2,(H3,22,23,24,26,27)/t11-,15+/m0/s1. The molecule has 1 aliphatic carbocycles. The molecule has 0 aromatic carbocycles. The van der Waals surface area contributed by atoms with Gasteiger partial charge in [-0.25, -0.2) is 4.79 Å². The number of furan rings is 1. The second kappa shape index (κ2) is 6.19. The minimum atomic E-state index is -0.602. The van der Waals surface area contributed by atoms with Gasteiger partial charge in [0.05, 0.1) is 11.8 Å². The summed E-state index contributed by atoms with van der Waals surface area (Å²) in [6.07, 6.45) is 5.69. The molecule has 0 amide bonds. The summed E-state index contributed by atoms with van der Waals surface area (Å²) in [4.78, 5) is 46.7. The largest absolute Gasteiger partial charge is 0.469 e. The maximum Gasteiger partial charge on any atom is 0.327 e. The van der Waals surface area contributed by atoms with Crippen LogP contribution >= 0.6 is 0 Å². The summed E-state index contributed by atoms with van der Waals surface area (Å²) < 4.78 is 5.49. The van der Waals surface area contributed by atoms with E-state index in [4.69, 9.17) is 4.42 Å². The molecule has 3 N–H and O–H groups in total. The molecule has 0 fully saturated rings. The number of aromatic amines is 2. The van der Waals surface area contributed by atoms with Crippen molar-refractivity contribution < 1.29 is 9.21 Å². The van der Waals surface area contributed by atoms with Crippen molar-refractivity contribution >= 4 is 11.6 Å². The van der Waals surface area contributed by atoms with Crippen LogP contribution in [0.2, 0.25) is 0 Å². The first-order chi connectivity index (χ1) is 13.6. The van der Waals surface area contributed by atoms with E-state index in [9.17, 15) is 14.4 Å². The summed E-state index contributed by atoms with van der Waals surface area (Å²) in [6.45, 7) is 0. The molecule has 0 bridgehead atoms. The van der Waals surface area contributed by atoms with Crippen LogP contribution in [0.15, 0.2) is 68.2 Å². The van der Waals surface area contributed by atoms with E-state index in [0.717, 1.165) is 11.3 Å². The van der Waals surface area contributed by atoms with E-state index in [0.29, 0.717) is 35.5 Å². The third-order valence-electron chi connectivity index (χ3n) is 5.30. The van der Waals surface area contributed by atoms with Crippen LogP contribution in [0.5, 0.6) is 0 Å². The highest BCUT2D eigenvalue weighted by atomic mass is 16.3. The lowest BCUT2D eigenvalue weighted by Gasteiger charge is -2.34. The zero-order chi connectivity index (χ0) is 19.3. The van der Waals surface area contributed by atoms with E-state index in [2.05, 4.69) is 20.3 Å². The Labute approximate surface area is 158 Å². The normalized spacial score (nSPS) is 21.1. The van der Waals surface area contributed by atoms with Gasteiger partial charge in [-0.1, -0.05) is 6.07 Å². The molecule has 8 heteroatoms. The highest BCUT2D eigenvalue weighted by molar-refractivity contribution is 6.01. The smallest absolute Gasteiger partial charge is 0.327 e. The van der Waals surface area contributed by atoms with Crippen LogP contribution in [0.1, 0.15) is 41.6 Å². The fourth-order valence-corrected chi connectivity index (χ4v) is 4.15. The Morgan fingerprint density at radius 3 is 2.71 bits per heavy atom. The number of ketones is 1. The van der Waals surface area contributed by atoms with Crippen molar-refractivity contribution in [3.8, 4) is 0 Å². The lowest BCUT2D eigenvalue weighted by molar-refractivity contribution is -0.116. The van der Waals surface area contributed by atoms with Crippen molar-refractivity contribution in [2.45, 2.75) is 24.7 Å². The molecule has 140 valence electrons. The fourth-order valence-electron chi connectivity index (χ4n) is 4.15. The Kier molecular flexibility index (Phi) is 3.65. The number of aromatic nitrogens is 3. The molecule has 2 atom stereocenters. The Balaban J connectivity index is 1.71. The van der Waals surface area contributed by atoms with E-state index < -0.39 is 17.2 Å². The lowest BCUT2D eigenvalue weighted by atomic mass is 9.74. The van der Waals surface area contributed by atoms with Gasteiger partial charge in [0.15, 0.2) is 5.78 Å². The predicted octanol–water partition coefficient (Wildman–Crippen LogP) is 2.01. The third kappa shape index (κ3) is 2.53. The quantitative estimate of drug-likeness (QED) is 0.629. The molecule has 0 spiro atoms. The second-order valence-electron chi connectivity index (χ2n) is 6.98. The van der Waals surface area contributed by atoms with Gasteiger partial charge in [0, 0.05) is 41.9 Å². The fraction of sp³-hybridized carbons (Fsp3) is 0.200. The molecule has 3 aromatic heterocycles. The average molecular weight is 376 g/mol. The van der Waals surface area contributed by atoms with Crippen LogP contribution in [0, 0.1) is 0 Å². The number of H-pyrrole nitrogens is 2. The molecule has 0 saturated carbocycles. The number of rotatable bonds is 2. The summed E-state index contributed by atoms with van der Waals surface area (Å²) in [7, 11) is 0. The van der Waals surface area contributed by atoms with Crippen LogP contribution in [-0.2, 0) is 4.79 Å². The first-order valence-electron chi connectivity index (χ1n) is 8.95. The van der Waals surface area contributed by atoms with Crippen molar-refractivity contribution in [1.29, 1.82) is 0 Å². The Hall–Kier alpha value is -3.68. The molecule has 0 radical (unpaired) electrons. The Morgan fingerprint density at radius 1 is 1.07 bits per heavy atom. The molecule has 28 heavy (non-hydrogen) atoms. The molecule has 4 heterocycles. The van der Waals surface area contributed by atoms with Crippen molar-refractivity contribution in [1.82, 2.24) is 15.0 Å². The number of anilines is 1. The highest BCUT2D eigenvalue weighted by Crippen LogP contribution is 2.45. The SMILES string of the molecule is O=C1C[C@@H](c2ccco2)CC2=C1[C@@H](c1cccnc1)c1c([nH]c(=O)[nH]c1=O)N2. The van der Waals surface area contributed by atoms with Gasteiger partial charge in [-0.3, -0.25) is 24.5 Å². The number of nitrogens with zero attached hydrogens (tertiary/aromatic N) is 1. The Morgan fingerprint density at radius 2 is 1.96 bits per heavy atom. The third-order valence-corrected chi connectivity index (χ3v) is 5.30. The summed E-state index contributed by atoms with van der Waals surface area (Å²) in [5.41, 5.74) is 1.15. The molecular weight excluding hydrogens is 360 g/mol. The molecule has 2 aliphatic rings. The molecular formula is C20H16N4O4. The topological polar surface area (TPSA) is 121 Å². The van der Waals surface area contributed by atoms with Crippen LogP contribution in [0.4, 0.5) is 5.82 Å². The summed E-state index contributed by atoms with van der Waals surface area (Å²) in [5.74, 6) is 0.309. The molecule has 8 nitrogen and oxygen atoms in total. The second-order valence-corrected chi connectivity index (χ2v) is 6.98. The van der Waals surface area contributed by atoms with Gasteiger partial charge in [-0.15, -0.1) is 0 Å². The predicted molar refractivity (Wildman–Crippen MR) is 100 cm³/mol.